The molecule has 2 aromatic rings. The van der Waals surface area contributed by atoms with Crippen LogP contribution in [0.2, 0.25) is 0 Å². The van der Waals surface area contributed by atoms with E-state index in [1.165, 1.54) is 12.1 Å². The van der Waals surface area contributed by atoms with Crippen LogP contribution < -0.4 is 10.2 Å². The number of rotatable bonds is 3. The first-order valence-corrected chi connectivity index (χ1v) is 8.02. The van der Waals surface area contributed by atoms with Crippen LogP contribution in [0.25, 0.3) is 0 Å². The van der Waals surface area contributed by atoms with Gasteiger partial charge in [0.1, 0.15) is 5.82 Å². The SMILES string of the molecule is Cc1cc(F)ccc1NC(=O)c1ccc(N2CCCCC2=O)cc1. The first-order chi connectivity index (χ1) is 11.5. The lowest BCUT2D eigenvalue weighted by Gasteiger charge is -2.26. The Bertz CT molecular complexity index is 771. The van der Waals surface area contributed by atoms with Crippen LogP contribution in [0.3, 0.4) is 0 Å². The highest BCUT2D eigenvalue weighted by Crippen LogP contribution is 2.22. The second-order valence-corrected chi connectivity index (χ2v) is 5.96. The third kappa shape index (κ3) is 3.45. The number of carbonyl (C=O) groups is 2. The van der Waals surface area contributed by atoms with Crippen LogP contribution in [0.1, 0.15) is 35.2 Å². The van der Waals surface area contributed by atoms with Crippen molar-refractivity contribution in [1.82, 2.24) is 0 Å². The van der Waals surface area contributed by atoms with E-state index in [2.05, 4.69) is 5.32 Å². The Morgan fingerprint density at radius 3 is 2.54 bits per heavy atom. The number of hydrogen-bond donors (Lipinski definition) is 1. The molecule has 1 aliphatic rings. The molecule has 0 spiro atoms. The van der Waals surface area contributed by atoms with E-state index in [0.717, 1.165) is 25.1 Å². The number of piperidine rings is 1. The molecule has 2 aromatic carbocycles. The average Bonchev–Trinajstić information content (AvgIpc) is 2.58. The van der Waals surface area contributed by atoms with Crippen molar-refractivity contribution in [3.05, 3.63) is 59.4 Å². The molecule has 1 N–H and O–H groups in total. The number of amides is 2. The van der Waals surface area contributed by atoms with E-state index in [0.29, 0.717) is 23.2 Å². The largest absolute Gasteiger partial charge is 0.322 e. The maximum Gasteiger partial charge on any atom is 0.255 e. The fraction of sp³-hybridized carbons (Fsp3) is 0.263. The minimum absolute atomic E-state index is 0.125. The lowest BCUT2D eigenvalue weighted by Crippen LogP contribution is -2.35. The van der Waals surface area contributed by atoms with Crippen molar-refractivity contribution in [2.24, 2.45) is 0 Å². The molecule has 3 rings (SSSR count). The van der Waals surface area contributed by atoms with Gasteiger partial charge in [-0.3, -0.25) is 9.59 Å². The molecule has 124 valence electrons. The van der Waals surface area contributed by atoms with Gasteiger partial charge in [-0.1, -0.05) is 0 Å². The molecule has 2 amide bonds. The van der Waals surface area contributed by atoms with Crippen LogP contribution in [0, 0.1) is 12.7 Å². The Balaban J connectivity index is 1.73. The number of benzene rings is 2. The molecule has 0 atom stereocenters. The van der Waals surface area contributed by atoms with E-state index in [1.54, 1.807) is 42.2 Å². The van der Waals surface area contributed by atoms with Crippen molar-refractivity contribution in [2.45, 2.75) is 26.2 Å². The molecular formula is C19H19FN2O2. The zero-order chi connectivity index (χ0) is 17.1. The van der Waals surface area contributed by atoms with Crippen LogP contribution in [0.4, 0.5) is 15.8 Å². The van der Waals surface area contributed by atoms with E-state index < -0.39 is 0 Å². The summed E-state index contributed by atoms with van der Waals surface area (Å²) < 4.78 is 13.1. The van der Waals surface area contributed by atoms with Gasteiger partial charge in [-0.05, 0) is 67.8 Å². The number of carbonyl (C=O) groups excluding carboxylic acids is 2. The van der Waals surface area contributed by atoms with Crippen molar-refractivity contribution in [3.63, 3.8) is 0 Å². The van der Waals surface area contributed by atoms with Gasteiger partial charge in [-0.2, -0.15) is 0 Å². The van der Waals surface area contributed by atoms with Gasteiger partial charge in [-0.25, -0.2) is 4.39 Å². The summed E-state index contributed by atoms with van der Waals surface area (Å²) in [7, 11) is 0. The van der Waals surface area contributed by atoms with Gasteiger partial charge >= 0.3 is 0 Å². The minimum Gasteiger partial charge on any atom is -0.322 e. The Labute approximate surface area is 140 Å². The molecule has 0 radical (unpaired) electrons. The van der Waals surface area contributed by atoms with Crippen LogP contribution in [-0.4, -0.2) is 18.4 Å². The smallest absolute Gasteiger partial charge is 0.255 e. The molecule has 0 saturated carbocycles. The number of halogens is 1. The van der Waals surface area contributed by atoms with Crippen molar-refractivity contribution in [1.29, 1.82) is 0 Å². The molecule has 0 aliphatic carbocycles. The Morgan fingerprint density at radius 2 is 1.88 bits per heavy atom. The Morgan fingerprint density at radius 1 is 1.12 bits per heavy atom. The molecule has 1 saturated heterocycles. The highest BCUT2D eigenvalue weighted by Gasteiger charge is 2.19. The van der Waals surface area contributed by atoms with Crippen molar-refractivity contribution in [3.8, 4) is 0 Å². The summed E-state index contributed by atoms with van der Waals surface area (Å²) >= 11 is 0. The number of anilines is 2. The predicted octanol–water partition coefficient (Wildman–Crippen LogP) is 3.90. The quantitative estimate of drug-likeness (QED) is 0.930. The topological polar surface area (TPSA) is 49.4 Å². The molecule has 0 bridgehead atoms. The predicted molar refractivity (Wildman–Crippen MR) is 91.7 cm³/mol. The van der Waals surface area contributed by atoms with E-state index in [4.69, 9.17) is 0 Å². The summed E-state index contributed by atoms with van der Waals surface area (Å²) in [4.78, 5) is 26.0. The summed E-state index contributed by atoms with van der Waals surface area (Å²) in [5.41, 5.74) is 2.55. The standard InChI is InChI=1S/C19H19FN2O2/c1-13-12-15(20)7-10-17(13)21-19(24)14-5-8-16(9-6-14)22-11-3-2-4-18(22)23/h5-10,12H,2-4,11H2,1H3,(H,21,24). The number of aryl methyl sites for hydroxylation is 1. The molecule has 1 aliphatic heterocycles. The molecule has 1 heterocycles. The van der Waals surface area contributed by atoms with E-state index in [1.807, 2.05) is 0 Å². The van der Waals surface area contributed by atoms with Crippen LogP contribution in [0.15, 0.2) is 42.5 Å². The fourth-order valence-corrected chi connectivity index (χ4v) is 2.83. The van der Waals surface area contributed by atoms with Crippen LogP contribution >= 0.6 is 0 Å². The first kappa shape index (κ1) is 16.2. The van der Waals surface area contributed by atoms with Crippen molar-refractivity contribution in [2.75, 3.05) is 16.8 Å². The second-order valence-electron chi connectivity index (χ2n) is 5.96. The van der Waals surface area contributed by atoms with Gasteiger partial charge in [0.25, 0.3) is 5.91 Å². The second kappa shape index (κ2) is 6.83. The molecule has 0 aromatic heterocycles. The van der Waals surface area contributed by atoms with E-state index >= 15 is 0 Å². The summed E-state index contributed by atoms with van der Waals surface area (Å²) in [5, 5.41) is 2.78. The molecule has 24 heavy (non-hydrogen) atoms. The van der Waals surface area contributed by atoms with Gasteiger partial charge in [-0.15, -0.1) is 0 Å². The molecule has 0 unspecified atom stereocenters. The lowest BCUT2D eigenvalue weighted by atomic mass is 10.1. The number of nitrogens with one attached hydrogen (secondary N) is 1. The third-order valence-corrected chi connectivity index (χ3v) is 4.20. The Kier molecular flexibility index (Phi) is 4.60. The minimum atomic E-state index is -0.332. The summed E-state index contributed by atoms with van der Waals surface area (Å²) in [6.45, 7) is 2.46. The van der Waals surface area contributed by atoms with E-state index in [-0.39, 0.29) is 17.6 Å². The maximum absolute atomic E-state index is 13.1. The van der Waals surface area contributed by atoms with E-state index in [9.17, 15) is 14.0 Å². The zero-order valence-electron chi connectivity index (χ0n) is 13.5. The molecule has 1 fully saturated rings. The maximum atomic E-state index is 13.1. The third-order valence-electron chi connectivity index (χ3n) is 4.20. The van der Waals surface area contributed by atoms with Gasteiger partial charge in [0.05, 0.1) is 0 Å². The van der Waals surface area contributed by atoms with Gasteiger partial charge < -0.3 is 10.2 Å². The van der Waals surface area contributed by atoms with Gasteiger partial charge in [0, 0.05) is 29.9 Å². The number of hydrogen-bond acceptors (Lipinski definition) is 2. The van der Waals surface area contributed by atoms with Crippen molar-refractivity contribution >= 4 is 23.2 Å². The molecule has 4 nitrogen and oxygen atoms in total. The normalized spacial score (nSPS) is 14.6. The monoisotopic (exact) mass is 326 g/mol. The highest BCUT2D eigenvalue weighted by atomic mass is 19.1. The highest BCUT2D eigenvalue weighted by molar-refractivity contribution is 6.05. The summed E-state index contributed by atoms with van der Waals surface area (Å²) in [6, 6.07) is 11.2. The molecule has 5 heteroatoms. The Hall–Kier alpha value is -2.69. The fourth-order valence-electron chi connectivity index (χ4n) is 2.83. The summed E-state index contributed by atoms with van der Waals surface area (Å²) in [5.74, 6) is -0.470. The molecular weight excluding hydrogens is 307 g/mol. The first-order valence-electron chi connectivity index (χ1n) is 8.02. The summed E-state index contributed by atoms with van der Waals surface area (Å²) in [6.07, 6.45) is 2.51. The van der Waals surface area contributed by atoms with Crippen molar-refractivity contribution < 1.29 is 14.0 Å². The van der Waals surface area contributed by atoms with Crippen LogP contribution in [0.5, 0.6) is 0 Å². The average molecular weight is 326 g/mol. The number of nitrogens with zero attached hydrogens (tertiary/aromatic N) is 1. The van der Waals surface area contributed by atoms with Gasteiger partial charge in [0.15, 0.2) is 0 Å². The zero-order valence-corrected chi connectivity index (χ0v) is 13.5. The van der Waals surface area contributed by atoms with Gasteiger partial charge in [0.2, 0.25) is 5.91 Å². The van der Waals surface area contributed by atoms with Crippen LogP contribution in [-0.2, 0) is 4.79 Å². The lowest BCUT2D eigenvalue weighted by molar-refractivity contribution is -0.119.